The van der Waals surface area contributed by atoms with Gasteiger partial charge in [0.1, 0.15) is 90.6 Å². The molecule has 35 nitrogen and oxygen atoms in total. The number of aromatic nitrogens is 3. The molecule has 8 rings (SSSR count). The number of amides is 12. The number of rotatable bonds is 25. The molecule has 588 valence electrons. The van der Waals surface area contributed by atoms with Gasteiger partial charge in [-0.15, -0.1) is 5.10 Å². The van der Waals surface area contributed by atoms with Crippen LogP contribution in [0.2, 0.25) is 0 Å². The predicted molar refractivity (Wildman–Crippen MR) is 388 cm³/mol. The molecule has 3 saturated heterocycles. The maximum atomic E-state index is 15.3. The number of carbonyl (C=O) groups is 12. The number of phenols is 1. The number of phenolic OH excluding ortho intramolecular Hbond substituents is 1. The highest BCUT2D eigenvalue weighted by Crippen LogP contribution is 2.24. The van der Waals surface area contributed by atoms with E-state index in [1.54, 1.807) is 105 Å². The van der Waals surface area contributed by atoms with Crippen molar-refractivity contribution in [2.75, 3.05) is 26.3 Å². The molecular formula is C74H98N16O19. The number of aliphatic hydroxyl groups is 4. The van der Waals surface area contributed by atoms with Crippen molar-refractivity contribution in [1.82, 2.24) is 67.7 Å². The van der Waals surface area contributed by atoms with Crippen LogP contribution >= 0.6 is 0 Å². The fourth-order valence-corrected chi connectivity index (χ4v) is 12.9. The van der Waals surface area contributed by atoms with E-state index in [0.29, 0.717) is 28.7 Å². The minimum absolute atomic E-state index is 0.00617. The first-order valence-electron chi connectivity index (χ1n) is 36.2. The zero-order valence-electron chi connectivity index (χ0n) is 60.5. The Kier molecular flexibility index (Phi) is 31.5. The van der Waals surface area contributed by atoms with E-state index in [0.717, 1.165) is 0 Å². The quantitative estimate of drug-likeness (QED) is 0.0262. The highest BCUT2D eigenvalue weighted by Gasteiger charge is 2.45. The fourth-order valence-electron chi connectivity index (χ4n) is 12.9. The summed E-state index contributed by atoms with van der Waals surface area (Å²) in [6.07, 6.45) is -9.79. The number of primary amides is 2. The average molecular weight is 1520 g/mol. The van der Waals surface area contributed by atoms with E-state index in [4.69, 9.17) is 26.7 Å². The third kappa shape index (κ3) is 25.1. The first-order chi connectivity index (χ1) is 52.2. The lowest BCUT2D eigenvalue weighted by molar-refractivity contribution is -0.301. The van der Waals surface area contributed by atoms with Gasteiger partial charge in [-0.1, -0.05) is 122 Å². The van der Waals surface area contributed by atoms with Crippen molar-refractivity contribution in [3.63, 3.8) is 0 Å². The Balaban J connectivity index is 1.20. The molecule has 35 heteroatoms. The molecule has 1 aromatic heterocycles. The molecule has 0 spiro atoms. The number of nitrogens with two attached hydrogens (primary N) is 3. The van der Waals surface area contributed by atoms with E-state index < -0.39 is 201 Å². The molecule has 4 heterocycles. The lowest BCUT2D eigenvalue weighted by atomic mass is 9.99. The van der Waals surface area contributed by atoms with E-state index >= 15 is 24.0 Å². The maximum Gasteiger partial charge on any atom is 0.246 e. The highest BCUT2D eigenvalue weighted by molar-refractivity contribution is 6.01. The topological polar surface area (TPSA) is 545 Å². The predicted octanol–water partition coefficient (Wildman–Crippen LogP) is -4.39. The molecule has 0 bridgehead atoms. The number of ether oxygens (including phenoxy) is 2. The van der Waals surface area contributed by atoms with E-state index in [2.05, 4.69) is 58.2 Å². The Labute approximate surface area is 628 Å². The van der Waals surface area contributed by atoms with Crippen LogP contribution in [0.4, 0.5) is 0 Å². The standard InChI is InChI=1S/C74H98N16O19/c1-41(2)32-50-66(100)86-56(36-44-18-10-5-11-19-44)73(107)90-29-13-21-57(90)72(106)85-53(34-43-16-8-4-9-17-43)69(103)82-51(33-42-14-6-3-7-15-42)68(102)84-55(38-60(77)94)71(105)79-49(26-27-59(76)93)65(99)81-52(35-45-22-24-47(92)25-23-45)67(101)83-54(70(104)78-48(20-12-28-75)64(98)80-50)37-46-39-89(88-87-46)30-31-108-74-63(97)62(96)61(95)58(40-91)109-74/h3-11,14-19,22-25,39,41,48-58,61-63,74,91-92,95-97H,12-13,20-21,26-38,40,75H2,1-2H3,(H2,76,93)(H2,77,94)(H,78,104)(H,79,105)(H,80,98)(H,81,99)(H,82,103)(H,83,101)(H,84,102)(H,85,106)(H,86,100)/t48-,49-,50-,51+,52-,53-,54-,55-,56+,57-,58+,61+,62-,63+,74+/m0/s1. The van der Waals surface area contributed by atoms with Gasteiger partial charge in [0.25, 0.3) is 0 Å². The molecule has 3 aliphatic rings. The van der Waals surface area contributed by atoms with Gasteiger partial charge < -0.3 is 105 Å². The number of fused-ring (bicyclic) bond motifs is 1. The second kappa shape index (κ2) is 40.9. The monoisotopic (exact) mass is 1510 g/mol. The van der Waals surface area contributed by atoms with E-state index in [1.165, 1.54) is 40.0 Å². The lowest BCUT2D eigenvalue weighted by Gasteiger charge is -2.39. The summed E-state index contributed by atoms with van der Waals surface area (Å²) in [4.78, 5) is 177. The summed E-state index contributed by atoms with van der Waals surface area (Å²) in [6.45, 7) is 2.44. The van der Waals surface area contributed by atoms with Crippen LogP contribution in [0.1, 0.15) is 93.2 Å². The molecule has 0 radical (unpaired) electrons. The highest BCUT2D eigenvalue weighted by atomic mass is 16.7. The van der Waals surface area contributed by atoms with Gasteiger partial charge in [0.2, 0.25) is 70.9 Å². The third-order valence-corrected chi connectivity index (χ3v) is 18.7. The first-order valence-corrected chi connectivity index (χ1v) is 36.2. The number of nitrogens with one attached hydrogen (secondary N) is 9. The number of carbonyl (C=O) groups excluding carboxylic acids is 12. The van der Waals surface area contributed by atoms with Crippen molar-refractivity contribution in [2.24, 2.45) is 23.1 Å². The minimum atomic E-state index is -1.93. The number of hydrogen-bond acceptors (Lipinski definition) is 22. The van der Waals surface area contributed by atoms with E-state index in [1.807, 2.05) is 0 Å². The van der Waals surface area contributed by atoms with Crippen LogP contribution in [0.25, 0.3) is 0 Å². The molecule has 0 aliphatic carbocycles. The second-order valence-electron chi connectivity index (χ2n) is 27.7. The molecule has 20 N–H and O–H groups in total. The smallest absolute Gasteiger partial charge is 0.246 e. The number of nitrogens with zero attached hydrogens (tertiary/aromatic N) is 4. The maximum absolute atomic E-state index is 15.3. The molecule has 3 aliphatic heterocycles. The molecular weight excluding hydrogens is 1420 g/mol. The van der Waals surface area contributed by atoms with Crippen molar-refractivity contribution >= 4 is 70.9 Å². The fraction of sp³-hybridized carbons (Fsp3) is 0.486. The Morgan fingerprint density at radius 1 is 0.541 bits per heavy atom. The minimum Gasteiger partial charge on any atom is -0.508 e. The average Bonchev–Trinajstić information content (AvgIpc) is 1.79. The largest absolute Gasteiger partial charge is 0.508 e. The Hall–Kier alpha value is -10.8. The van der Waals surface area contributed by atoms with Crippen LogP contribution in [0, 0.1) is 5.92 Å². The number of aliphatic hydroxyl groups excluding tert-OH is 4. The van der Waals surface area contributed by atoms with Gasteiger partial charge in [-0.25, -0.2) is 4.68 Å². The zero-order valence-corrected chi connectivity index (χ0v) is 60.5. The SMILES string of the molecule is CC(C)C[C@@H]1NC(=O)[C@H](CCCN)NC(=O)[C@H](Cc2cn(CCO[C@@H]3O[C@H](CO)[C@@H](O)[C@H](O)[C@H]3O)nn2)NC(=O)[C@H](Cc2ccc(O)cc2)NC(=O)[C@H](CCC(N)=O)NC(=O)[C@H](CC(N)=O)NC(=O)[C@@H](Cc2ccccc2)NC(=O)[C@H](Cc2ccccc2)NC(=O)[C@@H]2CCCN2C(=O)[C@@H](Cc2ccccc2)NC1=O. The van der Waals surface area contributed by atoms with E-state index in [-0.39, 0.29) is 88.5 Å². The van der Waals surface area contributed by atoms with Gasteiger partial charge in [-0.2, -0.15) is 0 Å². The van der Waals surface area contributed by atoms with Gasteiger partial charge in [0, 0.05) is 51.3 Å². The Morgan fingerprint density at radius 3 is 1.49 bits per heavy atom. The zero-order chi connectivity index (χ0) is 78.8. The van der Waals surface area contributed by atoms with Crippen LogP contribution in [0.3, 0.4) is 0 Å². The summed E-state index contributed by atoms with van der Waals surface area (Å²) in [5.74, 6) is -12.3. The molecule has 4 aromatic carbocycles. The summed E-state index contributed by atoms with van der Waals surface area (Å²) < 4.78 is 12.3. The van der Waals surface area contributed by atoms with Gasteiger partial charge in [-0.05, 0) is 85.4 Å². The molecule has 12 amide bonds. The summed E-state index contributed by atoms with van der Waals surface area (Å²) in [6, 6.07) is 15.1. The summed E-state index contributed by atoms with van der Waals surface area (Å²) in [5.41, 5.74) is 19.3. The molecule has 3 fully saturated rings. The van der Waals surface area contributed by atoms with Crippen molar-refractivity contribution in [2.45, 2.75) is 195 Å². The van der Waals surface area contributed by atoms with Crippen LogP contribution in [-0.4, -0.2) is 234 Å². The summed E-state index contributed by atoms with van der Waals surface area (Å²) >= 11 is 0. The molecule has 0 unspecified atom stereocenters. The Bertz CT molecular complexity index is 3910. The first kappa shape index (κ1) is 83.8. The normalized spacial score (nSPS) is 26.3. The van der Waals surface area contributed by atoms with Gasteiger partial charge in [-0.3, -0.25) is 57.5 Å². The molecule has 15 atom stereocenters. The molecule has 0 saturated carbocycles. The van der Waals surface area contributed by atoms with Gasteiger partial charge >= 0.3 is 0 Å². The number of benzene rings is 4. The van der Waals surface area contributed by atoms with Crippen molar-refractivity contribution in [3.05, 3.63) is 149 Å². The van der Waals surface area contributed by atoms with Crippen LogP contribution < -0.4 is 65.1 Å². The third-order valence-electron chi connectivity index (χ3n) is 18.7. The van der Waals surface area contributed by atoms with Crippen molar-refractivity contribution in [3.8, 4) is 5.75 Å². The Morgan fingerprint density at radius 2 is 0.982 bits per heavy atom. The molecule has 5 aromatic rings. The molecule has 109 heavy (non-hydrogen) atoms. The van der Waals surface area contributed by atoms with Crippen molar-refractivity contribution < 1.29 is 92.5 Å². The van der Waals surface area contributed by atoms with Crippen LogP contribution in [0.15, 0.2) is 121 Å². The summed E-state index contributed by atoms with van der Waals surface area (Å²) in [7, 11) is 0. The number of hydrogen-bond donors (Lipinski definition) is 17. The van der Waals surface area contributed by atoms with Gasteiger partial charge in [0.15, 0.2) is 6.29 Å². The van der Waals surface area contributed by atoms with Crippen LogP contribution in [-0.2, 0) is 106 Å². The number of aromatic hydroxyl groups is 1. The van der Waals surface area contributed by atoms with E-state index in [9.17, 15) is 59.1 Å². The summed E-state index contributed by atoms with van der Waals surface area (Å²) in [5, 5.41) is 83.6. The van der Waals surface area contributed by atoms with Crippen molar-refractivity contribution in [1.29, 1.82) is 0 Å². The van der Waals surface area contributed by atoms with Gasteiger partial charge in [0.05, 0.1) is 31.9 Å². The second-order valence-corrected chi connectivity index (χ2v) is 27.7. The van der Waals surface area contributed by atoms with Crippen LogP contribution in [0.5, 0.6) is 5.75 Å². The lowest BCUT2D eigenvalue weighted by Crippen LogP contribution is -2.62.